The first-order chi connectivity index (χ1) is 16.1. The molecule has 1 saturated heterocycles. The highest BCUT2D eigenvalue weighted by Gasteiger charge is 2.39. The minimum atomic E-state index is -0.430. The second-order valence-corrected chi connectivity index (χ2v) is 9.69. The normalized spacial score (nSPS) is 21.0. The second-order valence-electron chi connectivity index (χ2n) is 9.69. The van der Waals surface area contributed by atoms with Gasteiger partial charge >= 0.3 is 0 Å². The Hall–Kier alpha value is -2.60. The molecule has 1 aliphatic carbocycles. The number of benzene rings is 1. The Morgan fingerprint density at radius 1 is 1.03 bits per heavy atom. The number of carbonyl (C=O) groups is 2. The van der Waals surface area contributed by atoms with E-state index < -0.39 is 6.04 Å². The molecule has 178 valence electrons. The third-order valence-electron chi connectivity index (χ3n) is 7.41. The molecule has 0 spiro atoms. The zero-order chi connectivity index (χ0) is 23.2. The molecule has 2 aromatic rings. The lowest BCUT2D eigenvalue weighted by atomic mass is 9.83. The van der Waals surface area contributed by atoms with Crippen LogP contribution in [0.1, 0.15) is 69.0 Å². The molecular weight excluding hydrogens is 412 g/mol. The summed E-state index contributed by atoms with van der Waals surface area (Å²) in [5, 5.41) is 6.13. The van der Waals surface area contributed by atoms with Gasteiger partial charge in [0.15, 0.2) is 0 Å². The fourth-order valence-electron chi connectivity index (χ4n) is 5.36. The molecule has 33 heavy (non-hydrogen) atoms. The average molecular weight is 451 g/mol. The summed E-state index contributed by atoms with van der Waals surface area (Å²) in [6, 6.07) is 11.9. The van der Waals surface area contributed by atoms with Crippen LogP contribution in [0.4, 0.5) is 0 Å². The Kier molecular flexibility index (Phi) is 7.86. The first-order valence-corrected chi connectivity index (χ1v) is 12.5. The summed E-state index contributed by atoms with van der Waals surface area (Å²) >= 11 is 0. The molecular formula is C27H38N4O2. The number of nitrogens with zero attached hydrogens (tertiary/aromatic N) is 2. The molecule has 6 nitrogen and oxygen atoms in total. The summed E-state index contributed by atoms with van der Waals surface area (Å²) in [5.41, 5.74) is 2.45. The smallest absolute Gasteiger partial charge is 0.245 e. The standard InChI is InChI=1S/C27H38N4O2/c1-20(28-2)26(32)29-25(22-12-7-4-8-13-22)27(33)31-16-9-14-24(31)23-15-17-30(19-23)18-21-10-5-3-6-11-21/h3,5-6,10-11,15,17,19-20,22,24-25,28H,4,7-9,12-14,16,18H2,1-2H3,(H,29,32)/t20-,24+,25-/m0/s1. The lowest BCUT2D eigenvalue weighted by molar-refractivity contribution is -0.139. The molecule has 1 aliphatic heterocycles. The highest BCUT2D eigenvalue weighted by molar-refractivity contribution is 5.90. The van der Waals surface area contributed by atoms with Crippen LogP contribution in [-0.2, 0) is 16.1 Å². The number of nitrogens with one attached hydrogen (secondary N) is 2. The van der Waals surface area contributed by atoms with E-state index >= 15 is 0 Å². The maximum absolute atomic E-state index is 13.9. The van der Waals surface area contributed by atoms with Gasteiger partial charge in [0.05, 0.1) is 12.1 Å². The minimum absolute atomic E-state index is 0.0826. The van der Waals surface area contributed by atoms with Crippen LogP contribution in [0.5, 0.6) is 0 Å². The highest BCUT2D eigenvalue weighted by atomic mass is 16.2. The molecule has 0 bridgehead atoms. The van der Waals surface area contributed by atoms with Gasteiger partial charge in [-0.05, 0) is 62.8 Å². The largest absolute Gasteiger partial charge is 0.350 e. The van der Waals surface area contributed by atoms with E-state index in [2.05, 4.69) is 57.9 Å². The Labute approximate surface area is 197 Å². The Balaban J connectivity index is 1.50. The molecule has 4 rings (SSSR count). The first-order valence-electron chi connectivity index (χ1n) is 12.5. The number of likely N-dealkylation sites (tertiary alicyclic amines) is 1. The fourth-order valence-corrected chi connectivity index (χ4v) is 5.36. The molecule has 6 heteroatoms. The Bertz CT molecular complexity index is 919. The minimum Gasteiger partial charge on any atom is -0.350 e. The number of hydrogen-bond donors (Lipinski definition) is 2. The van der Waals surface area contributed by atoms with Crippen LogP contribution in [0.15, 0.2) is 48.8 Å². The number of hydrogen-bond acceptors (Lipinski definition) is 3. The van der Waals surface area contributed by atoms with Crippen LogP contribution in [-0.4, -0.2) is 47.0 Å². The monoisotopic (exact) mass is 450 g/mol. The molecule has 0 unspecified atom stereocenters. The number of aromatic nitrogens is 1. The molecule has 1 aromatic carbocycles. The van der Waals surface area contributed by atoms with E-state index in [9.17, 15) is 9.59 Å². The lowest BCUT2D eigenvalue weighted by Crippen LogP contribution is -2.55. The Morgan fingerprint density at radius 3 is 2.52 bits per heavy atom. The zero-order valence-corrected chi connectivity index (χ0v) is 20.0. The van der Waals surface area contributed by atoms with E-state index in [4.69, 9.17) is 0 Å². The summed E-state index contributed by atoms with van der Waals surface area (Å²) in [7, 11) is 1.78. The van der Waals surface area contributed by atoms with Crippen molar-refractivity contribution in [2.45, 2.75) is 76.5 Å². The van der Waals surface area contributed by atoms with Gasteiger partial charge in [0, 0.05) is 25.5 Å². The van der Waals surface area contributed by atoms with Gasteiger partial charge in [0.1, 0.15) is 6.04 Å². The average Bonchev–Trinajstić information content (AvgIpc) is 3.52. The van der Waals surface area contributed by atoms with Crippen LogP contribution >= 0.6 is 0 Å². The van der Waals surface area contributed by atoms with Gasteiger partial charge in [0.25, 0.3) is 0 Å². The molecule has 3 atom stereocenters. The van der Waals surface area contributed by atoms with Crippen LogP contribution in [0, 0.1) is 5.92 Å². The van der Waals surface area contributed by atoms with E-state index in [0.717, 1.165) is 51.6 Å². The van der Waals surface area contributed by atoms with E-state index in [-0.39, 0.29) is 29.8 Å². The van der Waals surface area contributed by atoms with Crippen molar-refractivity contribution in [3.05, 3.63) is 59.9 Å². The summed E-state index contributed by atoms with van der Waals surface area (Å²) in [6.45, 7) is 3.42. The van der Waals surface area contributed by atoms with Crippen LogP contribution < -0.4 is 10.6 Å². The van der Waals surface area contributed by atoms with Gasteiger partial charge < -0.3 is 20.1 Å². The summed E-state index contributed by atoms with van der Waals surface area (Å²) < 4.78 is 2.20. The van der Waals surface area contributed by atoms with Gasteiger partial charge in [-0.25, -0.2) is 0 Å². The third kappa shape index (κ3) is 5.67. The van der Waals surface area contributed by atoms with E-state index in [1.807, 2.05) is 17.9 Å². The fraction of sp³-hybridized carbons (Fsp3) is 0.556. The van der Waals surface area contributed by atoms with E-state index in [1.165, 1.54) is 17.5 Å². The van der Waals surface area contributed by atoms with Crippen LogP contribution in [0.3, 0.4) is 0 Å². The van der Waals surface area contributed by atoms with Crippen molar-refractivity contribution in [2.24, 2.45) is 5.92 Å². The Morgan fingerprint density at radius 2 is 1.79 bits per heavy atom. The molecule has 2 aliphatic rings. The van der Waals surface area contributed by atoms with Crippen molar-refractivity contribution in [1.29, 1.82) is 0 Å². The van der Waals surface area contributed by atoms with Crippen molar-refractivity contribution in [2.75, 3.05) is 13.6 Å². The SMILES string of the molecule is CN[C@@H](C)C(=O)N[C@H](C(=O)N1CCC[C@@H]1c1ccn(Cc2ccccc2)c1)C1CCCCC1. The van der Waals surface area contributed by atoms with Gasteiger partial charge in [-0.3, -0.25) is 9.59 Å². The predicted molar refractivity (Wildman–Crippen MR) is 131 cm³/mol. The summed E-state index contributed by atoms with van der Waals surface area (Å²) in [6.07, 6.45) is 11.8. The maximum atomic E-state index is 13.9. The molecule has 2 fully saturated rings. The zero-order valence-electron chi connectivity index (χ0n) is 20.0. The summed E-state index contributed by atoms with van der Waals surface area (Å²) in [5.74, 6) is 0.228. The highest BCUT2D eigenvalue weighted by Crippen LogP contribution is 2.35. The van der Waals surface area contributed by atoms with E-state index in [1.54, 1.807) is 7.05 Å². The molecule has 2 amide bonds. The second kappa shape index (κ2) is 11.0. The number of carbonyl (C=O) groups excluding carboxylic acids is 2. The third-order valence-corrected chi connectivity index (χ3v) is 7.41. The number of amides is 2. The van der Waals surface area contributed by atoms with Crippen LogP contribution in [0.25, 0.3) is 0 Å². The molecule has 1 aromatic heterocycles. The topological polar surface area (TPSA) is 66.4 Å². The van der Waals surface area contributed by atoms with Gasteiger partial charge in [0.2, 0.25) is 11.8 Å². The van der Waals surface area contributed by atoms with Crippen LogP contribution in [0.2, 0.25) is 0 Å². The molecule has 2 heterocycles. The van der Waals surface area contributed by atoms with Crippen molar-refractivity contribution >= 4 is 11.8 Å². The van der Waals surface area contributed by atoms with Crippen molar-refractivity contribution < 1.29 is 9.59 Å². The van der Waals surface area contributed by atoms with Gasteiger partial charge in [-0.2, -0.15) is 0 Å². The predicted octanol–water partition coefficient (Wildman–Crippen LogP) is 3.87. The number of rotatable bonds is 8. The van der Waals surface area contributed by atoms with Crippen molar-refractivity contribution in [1.82, 2.24) is 20.1 Å². The first kappa shape index (κ1) is 23.6. The number of likely N-dealkylation sites (N-methyl/N-ethyl adjacent to an activating group) is 1. The van der Waals surface area contributed by atoms with Crippen molar-refractivity contribution in [3.63, 3.8) is 0 Å². The van der Waals surface area contributed by atoms with Gasteiger partial charge in [-0.1, -0.05) is 49.6 Å². The molecule has 1 saturated carbocycles. The van der Waals surface area contributed by atoms with E-state index in [0.29, 0.717) is 0 Å². The molecule has 2 N–H and O–H groups in total. The van der Waals surface area contributed by atoms with Gasteiger partial charge in [-0.15, -0.1) is 0 Å². The molecule has 0 radical (unpaired) electrons. The summed E-state index contributed by atoms with van der Waals surface area (Å²) in [4.78, 5) is 28.6. The lowest BCUT2D eigenvalue weighted by Gasteiger charge is -2.35. The van der Waals surface area contributed by atoms with Crippen molar-refractivity contribution in [3.8, 4) is 0 Å². The maximum Gasteiger partial charge on any atom is 0.245 e. The quantitative estimate of drug-likeness (QED) is 0.642.